The summed E-state index contributed by atoms with van der Waals surface area (Å²) >= 11 is 0. The number of rotatable bonds is 8. The van der Waals surface area contributed by atoms with E-state index in [-0.39, 0.29) is 0 Å². The SMILES string of the molecule is CCCSSNC(=O)c1c(C(N)=O)cc([N+](=O)[O-])cc1[N+](=O)[O-]. The van der Waals surface area contributed by atoms with Crippen LogP contribution in [0.4, 0.5) is 11.4 Å². The van der Waals surface area contributed by atoms with Gasteiger partial charge in [-0.05, 0) is 6.42 Å². The predicted molar refractivity (Wildman–Crippen MR) is 86.1 cm³/mol. The van der Waals surface area contributed by atoms with Gasteiger partial charge < -0.3 is 5.73 Å². The predicted octanol–water partition coefficient (Wildman–Crippen LogP) is 2.04. The number of amides is 2. The van der Waals surface area contributed by atoms with Gasteiger partial charge in [-0.1, -0.05) is 17.7 Å². The number of nitro benzene ring substituents is 2. The largest absolute Gasteiger partial charge is 0.366 e. The van der Waals surface area contributed by atoms with E-state index in [9.17, 15) is 29.8 Å². The normalized spacial score (nSPS) is 10.1. The number of nitrogens with one attached hydrogen (secondary N) is 1. The van der Waals surface area contributed by atoms with Crippen molar-refractivity contribution in [3.63, 3.8) is 0 Å². The molecule has 0 spiro atoms. The van der Waals surface area contributed by atoms with Gasteiger partial charge in [0.05, 0.1) is 21.5 Å². The Kier molecular flexibility index (Phi) is 6.78. The van der Waals surface area contributed by atoms with Crippen molar-refractivity contribution in [2.45, 2.75) is 13.3 Å². The highest BCUT2D eigenvalue weighted by Crippen LogP contribution is 2.30. The standard InChI is InChI=1S/C11H12N4O6S2/c1-2-3-22-23-13-11(17)9-7(10(12)16)4-6(14(18)19)5-8(9)15(20)21/h4-5H,2-3H2,1H3,(H2,12,16)(H,13,17). The van der Waals surface area contributed by atoms with E-state index in [1.54, 1.807) is 0 Å². The molecule has 0 bridgehead atoms. The molecule has 124 valence electrons. The Morgan fingerprint density at radius 1 is 1.26 bits per heavy atom. The number of carbonyl (C=O) groups excluding carboxylic acids is 2. The van der Waals surface area contributed by atoms with Crippen LogP contribution in [0.5, 0.6) is 0 Å². The number of hydrogen-bond donors (Lipinski definition) is 2. The number of nitrogens with two attached hydrogens (primary N) is 1. The van der Waals surface area contributed by atoms with E-state index in [2.05, 4.69) is 4.72 Å². The monoisotopic (exact) mass is 360 g/mol. The average Bonchev–Trinajstić information content (AvgIpc) is 2.49. The summed E-state index contributed by atoms with van der Waals surface area (Å²) < 4.78 is 2.33. The number of hydrogen-bond acceptors (Lipinski definition) is 8. The molecule has 0 atom stereocenters. The summed E-state index contributed by atoms with van der Waals surface area (Å²) in [4.78, 5) is 43.6. The number of carbonyl (C=O) groups is 2. The van der Waals surface area contributed by atoms with Gasteiger partial charge in [0.25, 0.3) is 17.3 Å². The van der Waals surface area contributed by atoms with Crippen molar-refractivity contribution >= 4 is 45.0 Å². The fraction of sp³-hybridized carbons (Fsp3) is 0.273. The van der Waals surface area contributed by atoms with Gasteiger partial charge in [-0.2, -0.15) is 0 Å². The fourth-order valence-electron chi connectivity index (χ4n) is 1.54. The van der Waals surface area contributed by atoms with Crippen LogP contribution in [0.25, 0.3) is 0 Å². The van der Waals surface area contributed by atoms with Crippen LogP contribution in [-0.4, -0.2) is 27.4 Å². The summed E-state index contributed by atoms with van der Waals surface area (Å²) in [6, 6.07) is 1.36. The van der Waals surface area contributed by atoms with Crippen LogP contribution in [-0.2, 0) is 0 Å². The van der Waals surface area contributed by atoms with Gasteiger partial charge in [0.1, 0.15) is 5.56 Å². The number of nitrogens with zero attached hydrogens (tertiary/aromatic N) is 2. The van der Waals surface area contributed by atoms with Gasteiger partial charge in [-0.25, -0.2) is 0 Å². The number of non-ortho nitro benzene ring substituents is 1. The van der Waals surface area contributed by atoms with Gasteiger partial charge in [-0.15, -0.1) is 0 Å². The molecule has 23 heavy (non-hydrogen) atoms. The molecule has 12 heteroatoms. The molecular formula is C11H12N4O6S2. The molecule has 1 aromatic carbocycles. The molecule has 10 nitrogen and oxygen atoms in total. The van der Waals surface area contributed by atoms with Gasteiger partial charge in [0.2, 0.25) is 5.91 Å². The van der Waals surface area contributed by atoms with Crippen molar-refractivity contribution in [3.8, 4) is 0 Å². The Labute approximate surface area is 138 Å². The number of primary amides is 1. The molecule has 1 rings (SSSR count). The lowest BCUT2D eigenvalue weighted by molar-refractivity contribution is -0.394. The highest BCUT2D eigenvalue weighted by atomic mass is 33.1. The second-order valence-corrected chi connectivity index (χ2v) is 6.32. The molecule has 0 saturated carbocycles. The fourth-order valence-corrected chi connectivity index (χ4v) is 3.18. The average molecular weight is 360 g/mol. The van der Waals surface area contributed by atoms with E-state index >= 15 is 0 Å². The Hall–Kier alpha value is -2.34. The van der Waals surface area contributed by atoms with Crippen LogP contribution in [0.15, 0.2) is 12.1 Å². The third-order valence-electron chi connectivity index (χ3n) is 2.48. The zero-order valence-corrected chi connectivity index (χ0v) is 13.4. The summed E-state index contributed by atoms with van der Waals surface area (Å²) in [7, 11) is 2.24. The third kappa shape index (κ3) is 4.82. The molecule has 0 heterocycles. The Morgan fingerprint density at radius 3 is 2.39 bits per heavy atom. The van der Waals surface area contributed by atoms with Gasteiger partial charge >= 0.3 is 0 Å². The van der Waals surface area contributed by atoms with Crippen molar-refractivity contribution in [3.05, 3.63) is 43.5 Å². The molecule has 0 aliphatic heterocycles. The molecule has 1 aromatic rings. The van der Waals surface area contributed by atoms with E-state index in [1.807, 2.05) is 6.92 Å². The molecule has 2 amide bonds. The molecule has 0 aliphatic carbocycles. The second-order valence-electron chi connectivity index (χ2n) is 4.10. The topological polar surface area (TPSA) is 158 Å². The molecule has 0 saturated heterocycles. The summed E-state index contributed by atoms with van der Waals surface area (Å²) in [5.41, 5.74) is 2.36. The summed E-state index contributed by atoms with van der Waals surface area (Å²) in [6.45, 7) is 1.93. The summed E-state index contributed by atoms with van der Waals surface area (Å²) in [6.07, 6.45) is 0.859. The van der Waals surface area contributed by atoms with E-state index in [0.29, 0.717) is 6.07 Å². The Morgan fingerprint density at radius 2 is 1.91 bits per heavy atom. The first-order valence-corrected chi connectivity index (χ1v) is 8.46. The smallest absolute Gasteiger partial charge is 0.289 e. The first-order chi connectivity index (χ1) is 10.8. The van der Waals surface area contributed by atoms with Crippen molar-refractivity contribution in [2.75, 3.05) is 5.75 Å². The van der Waals surface area contributed by atoms with Crippen LogP contribution in [0.3, 0.4) is 0 Å². The minimum atomic E-state index is -1.17. The highest BCUT2D eigenvalue weighted by molar-refractivity contribution is 8.76. The lowest BCUT2D eigenvalue weighted by atomic mass is 10.0. The molecule has 0 unspecified atom stereocenters. The van der Waals surface area contributed by atoms with Gasteiger partial charge in [0.15, 0.2) is 0 Å². The van der Waals surface area contributed by atoms with Gasteiger partial charge in [0, 0.05) is 22.8 Å². The van der Waals surface area contributed by atoms with Crippen LogP contribution < -0.4 is 10.5 Å². The van der Waals surface area contributed by atoms with E-state index in [4.69, 9.17) is 5.73 Å². The van der Waals surface area contributed by atoms with Crippen LogP contribution >= 0.6 is 21.8 Å². The zero-order valence-electron chi connectivity index (χ0n) is 11.8. The molecule has 3 N–H and O–H groups in total. The first kappa shape index (κ1) is 18.7. The van der Waals surface area contributed by atoms with Crippen molar-refractivity contribution in [2.24, 2.45) is 5.73 Å². The maximum atomic E-state index is 12.1. The Balaban J connectivity index is 3.32. The van der Waals surface area contributed by atoms with Crippen molar-refractivity contribution < 1.29 is 19.4 Å². The number of nitro groups is 2. The quantitative estimate of drug-likeness (QED) is 0.234. The van der Waals surface area contributed by atoms with Crippen molar-refractivity contribution in [1.82, 2.24) is 4.72 Å². The maximum Gasteiger partial charge on any atom is 0.289 e. The van der Waals surface area contributed by atoms with E-state index < -0.39 is 44.2 Å². The van der Waals surface area contributed by atoms with Crippen LogP contribution in [0.1, 0.15) is 34.1 Å². The Bertz CT molecular complexity index is 631. The minimum Gasteiger partial charge on any atom is -0.366 e. The first-order valence-electron chi connectivity index (χ1n) is 6.15. The molecular weight excluding hydrogens is 348 g/mol. The number of benzene rings is 1. The molecule has 0 radical (unpaired) electrons. The summed E-state index contributed by atoms with van der Waals surface area (Å²) in [5.74, 6) is -1.36. The van der Waals surface area contributed by atoms with Crippen molar-refractivity contribution in [1.29, 1.82) is 0 Å². The van der Waals surface area contributed by atoms with Crippen LogP contribution in [0.2, 0.25) is 0 Å². The maximum absolute atomic E-state index is 12.1. The summed E-state index contributed by atoms with van der Waals surface area (Å²) in [5, 5.41) is 21.9. The zero-order chi connectivity index (χ0) is 17.6. The van der Waals surface area contributed by atoms with E-state index in [1.165, 1.54) is 10.8 Å². The minimum absolute atomic E-state index is 0.579. The molecule has 0 fully saturated rings. The molecule has 0 aliphatic rings. The molecule has 0 aromatic heterocycles. The van der Waals surface area contributed by atoms with Gasteiger partial charge in [-0.3, -0.25) is 34.5 Å². The van der Waals surface area contributed by atoms with Crippen LogP contribution in [0, 0.1) is 20.2 Å². The lowest BCUT2D eigenvalue weighted by Gasteiger charge is -2.08. The third-order valence-corrected chi connectivity index (χ3v) is 4.55. The lowest BCUT2D eigenvalue weighted by Crippen LogP contribution is -2.23. The highest BCUT2D eigenvalue weighted by Gasteiger charge is 2.30. The second kappa shape index (κ2) is 8.33. The van der Waals surface area contributed by atoms with E-state index in [0.717, 1.165) is 29.2 Å².